The van der Waals surface area contributed by atoms with E-state index in [0.29, 0.717) is 17.3 Å². The molecule has 22 heavy (non-hydrogen) atoms. The van der Waals surface area contributed by atoms with E-state index in [-0.39, 0.29) is 11.4 Å². The van der Waals surface area contributed by atoms with Gasteiger partial charge in [-0.3, -0.25) is 0 Å². The molecule has 0 aliphatic rings. The molecule has 0 aromatic heterocycles. The van der Waals surface area contributed by atoms with Crippen LogP contribution in [0, 0.1) is 0 Å². The minimum absolute atomic E-state index is 0.238. The third-order valence-electron chi connectivity index (χ3n) is 3.35. The van der Waals surface area contributed by atoms with Gasteiger partial charge in [-0.25, -0.2) is 8.42 Å². The van der Waals surface area contributed by atoms with Crippen LogP contribution in [-0.4, -0.2) is 26.4 Å². The van der Waals surface area contributed by atoms with Crippen molar-refractivity contribution in [1.29, 1.82) is 0 Å². The van der Waals surface area contributed by atoms with Crippen molar-refractivity contribution in [2.45, 2.75) is 18.4 Å². The number of nitrogens with zero attached hydrogens (tertiary/aromatic N) is 1. The molecule has 2 aromatic carbocycles. The van der Waals surface area contributed by atoms with E-state index in [2.05, 4.69) is 0 Å². The Bertz CT molecular complexity index is 729. The first-order valence-electron chi connectivity index (χ1n) is 6.86. The monoisotopic (exact) mass is 339 g/mol. The molecule has 6 heteroatoms. The Kier molecular flexibility index (Phi) is 5.45. The van der Waals surface area contributed by atoms with Crippen molar-refractivity contribution in [3.8, 4) is 5.75 Å². The molecule has 2 rings (SSSR count). The molecule has 0 saturated heterocycles. The summed E-state index contributed by atoms with van der Waals surface area (Å²) in [7, 11) is -2.03. The van der Waals surface area contributed by atoms with Crippen molar-refractivity contribution in [2.24, 2.45) is 0 Å². The second-order valence-electron chi connectivity index (χ2n) is 4.70. The van der Waals surface area contributed by atoms with Gasteiger partial charge in [0.15, 0.2) is 0 Å². The van der Waals surface area contributed by atoms with Crippen LogP contribution in [0.1, 0.15) is 12.5 Å². The molecule has 0 heterocycles. The van der Waals surface area contributed by atoms with Crippen molar-refractivity contribution >= 4 is 21.6 Å². The quantitative estimate of drug-likeness (QED) is 0.808. The first-order valence-corrected chi connectivity index (χ1v) is 8.68. The largest absolute Gasteiger partial charge is 0.497 e. The zero-order valence-corrected chi connectivity index (χ0v) is 14.1. The topological polar surface area (TPSA) is 46.6 Å². The van der Waals surface area contributed by atoms with E-state index in [1.54, 1.807) is 44.4 Å². The maximum atomic E-state index is 12.7. The molecule has 0 atom stereocenters. The summed E-state index contributed by atoms with van der Waals surface area (Å²) in [5.41, 5.74) is 0.781. The van der Waals surface area contributed by atoms with Crippen LogP contribution in [-0.2, 0) is 16.6 Å². The summed E-state index contributed by atoms with van der Waals surface area (Å²) in [6.07, 6.45) is 0. The van der Waals surface area contributed by atoms with Crippen molar-refractivity contribution in [3.05, 3.63) is 59.1 Å². The van der Waals surface area contributed by atoms with Crippen LogP contribution in [0.2, 0.25) is 5.02 Å². The summed E-state index contributed by atoms with van der Waals surface area (Å²) in [6, 6.07) is 13.6. The van der Waals surface area contributed by atoms with Gasteiger partial charge >= 0.3 is 0 Å². The molecule has 4 nitrogen and oxygen atoms in total. The lowest BCUT2D eigenvalue weighted by atomic mass is 10.2. The Morgan fingerprint density at radius 1 is 1.09 bits per heavy atom. The second-order valence-corrected chi connectivity index (χ2v) is 7.04. The van der Waals surface area contributed by atoms with E-state index in [1.807, 2.05) is 18.2 Å². The predicted molar refractivity (Wildman–Crippen MR) is 87.7 cm³/mol. The van der Waals surface area contributed by atoms with Crippen LogP contribution >= 0.6 is 11.6 Å². The van der Waals surface area contributed by atoms with Crippen molar-refractivity contribution in [1.82, 2.24) is 4.31 Å². The van der Waals surface area contributed by atoms with E-state index in [4.69, 9.17) is 16.3 Å². The fourth-order valence-corrected chi connectivity index (χ4v) is 3.70. The fourth-order valence-electron chi connectivity index (χ4n) is 2.08. The average Bonchev–Trinajstić information content (AvgIpc) is 2.54. The number of ether oxygens (including phenoxy) is 1. The van der Waals surface area contributed by atoms with Crippen molar-refractivity contribution in [3.63, 3.8) is 0 Å². The van der Waals surface area contributed by atoms with Crippen molar-refractivity contribution < 1.29 is 13.2 Å². The van der Waals surface area contributed by atoms with E-state index < -0.39 is 10.0 Å². The summed E-state index contributed by atoms with van der Waals surface area (Å²) < 4.78 is 31.9. The predicted octanol–water partition coefficient (Wildman–Crippen LogP) is 3.56. The molecule has 0 fully saturated rings. The van der Waals surface area contributed by atoms with Gasteiger partial charge in [0, 0.05) is 18.1 Å². The summed E-state index contributed by atoms with van der Waals surface area (Å²) in [6.45, 7) is 2.40. The zero-order valence-electron chi connectivity index (χ0n) is 12.5. The minimum atomic E-state index is -3.57. The average molecular weight is 340 g/mol. The van der Waals surface area contributed by atoms with E-state index >= 15 is 0 Å². The highest BCUT2D eigenvalue weighted by atomic mass is 35.5. The molecule has 118 valence electrons. The molecule has 0 N–H and O–H groups in total. The van der Waals surface area contributed by atoms with E-state index in [0.717, 1.165) is 5.56 Å². The zero-order chi connectivity index (χ0) is 16.2. The third kappa shape index (κ3) is 3.61. The molecular formula is C16H18ClNO3S. The highest BCUT2D eigenvalue weighted by molar-refractivity contribution is 7.89. The molecule has 0 spiro atoms. The summed E-state index contributed by atoms with van der Waals surface area (Å²) in [4.78, 5) is 0.238. The first-order chi connectivity index (χ1) is 10.5. The molecule has 0 aliphatic carbocycles. The van der Waals surface area contributed by atoms with E-state index in [9.17, 15) is 8.42 Å². The molecule has 2 aromatic rings. The van der Waals surface area contributed by atoms with Gasteiger partial charge in [0.2, 0.25) is 10.0 Å². The first kappa shape index (κ1) is 16.8. The molecule has 0 saturated carbocycles. The highest BCUT2D eigenvalue weighted by Crippen LogP contribution is 2.23. The SMILES string of the molecule is CCN(Cc1ccccc1Cl)S(=O)(=O)c1ccc(OC)cc1. The molecule has 0 bridgehead atoms. The minimum Gasteiger partial charge on any atom is -0.497 e. The second kappa shape index (κ2) is 7.13. The Labute approximate surface area is 136 Å². The lowest BCUT2D eigenvalue weighted by Crippen LogP contribution is -2.30. The lowest BCUT2D eigenvalue weighted by molar-refractivity contribution is 0.413. The van der Waals surface area contributed by atoms with Crippen LogP contribution in [0.25, 0.3) is 0 Å². The summed E-state index contributed by atoms with van der Waals surface area (Å²) in [5.74, 6) is 0.619. The van der Waals surface area contributed by atoms with Crippen LogP contribution < -0.4 is 4.74 Å². The normalized spacial score (nSPS) is 11.6. The molecule has 0 amide bonds. The maximum absolute atomic E-state index is 12.7. The van der Waals surface area contributed by atoms with Crippen LogP contribution in [0.5, 0.6) is 5.75 Å². The summed E-state index contributed by atoms with van der Waals surface area (Å²) >= 11 is 6.12. The number of benzene rings is 2. The van der Waals surface area contributed by atoms with Gasteiger partial charge in [-0.05, 0) is 35.9 Å². The van der Waals surface area contributed by atoms with Gasteiger partial charge in [0.05, 0.1) is 12.0 Å². The maximum Gasteiger partial charge on any atom is 0.243 e. The van der Waals surface area contributed by atoms with Gasteiger partial charge in [-0.1, -0.05) is 36.7 Å². The Morgan fingerprint density at radius 2 is 1.73 bits per heavy atom. The number of hydrogen-bond donors (Lipinski definition) is 0. The van der Waals surface area contributed by atoms with Crippen molar-refractivity contribution in [2.75, 3.05) is 13.7 Å². The smallest absolute Gasteiger partial charge is 0.243 e. The Balaban J connectivity index is 2.30. The number of sulfonamides is 1. The van der Waals surface area contributed by atoms with Gasteiger partial charge in [0.1, 0.15) is 5.75 Å². The lowest BCUT2D eigenvalue weighted by Gasteiger charge is -2.21. The summed E-state index contributed by atoms with van der Waals surface area (Å²) in [5, 5.41) is 0.561. The van der Waals surface area contributed by atoms with Gasteiger partial charge < -0.3 is 4.74 Å². The Morgan fingerprint density at radius 3 is 2.27 bits per heavy atom. The van der Waals surface area contributed by atoms with Gasteiger partial charge in [0.25, 0.3) is 0 Å². The van der Waals surface area contributed by atoms with Crippen LogP contribution in [0.4, 0.5) is 0 Å². The fraction of sp³-hybridized carbons (Fsp3) is 0.250. The van der Waals surface area contributed by atoms with Crippen LogP contribution in [0.15, 0.2) is 53.4 Å². The third-order valence-corrected chi connectivity index (χ3v) is 5.66. The molecule has 0 aliphatic heterocycles. The Hall–Kier alpha value is -1.56. The van der Waals surface area contributed by atoms with Crippen LogP contribution in [0.3, 0.4) is 0 Å². The number of halogens is 1. The highest BCUT2D eigenvalue weighted by Gasteiger charge is 2.23. The molecule has 0 unspecified atom stereocenters. The molecule has 0 radical (unpaired) electrons. The van der Waals surface area contributed by atoms with Gasteiger partial charge in [-0.15, -0.1) is 0 Å². The molecular weight excluding hydrogens is 322 g/mol. The number of hydrogen-bond acceptors (Lipinski definition) is 3. The number of rotatable bonds is 6. The van der Waals surface area contributed by atoms with E-state index in [1.165, 1.54) is 4.31 Å². The van der Waals surface area contributed by atoms with Gasteiger partial charge in [-0.2, -0.15) is 4.31 Å². The number of methoxy groups -OCH3 is 1. The standard InChI is InChI=1S/C16H18ClNO3S/c1-3-18(12-13-6-4-5-7-16(13)17)22(19,20)15-10-8-14(21-2)9-11-15/h4-11H,3,12H2,1-2H3.